The summed E-state index contributed by atoms with van der Waals surface area (Å²) in [6.07, 6.45) is 3.47. The standard InChI is InChI=1S/C12H13NO/c14-12(10-13-8-4-5-9-13)11-6-2-1-3-7-11/h1-9,12,14H,10H2/t12-/m1/s1. The Morgan fingerprint density at radius 1 is 1.00 bits per heavy atom. The summed E-state index contributed by atoms with van der Waals surface area (Å²) < 4.78 is 1.97. The van der Waals surface area contributed by atoms with E-state index < -0.39 is 6.10 Å². The zero-order chi connectivity index (χ0) is 9.80. The number of hydrogen-bond acceptors (Lipinski definition) is 1. The van der Waals surface area contributed by atoms with Gasteiger partial charge in [0.15, 0.2) is 0 Å². The molecular formula is C12H13NO. The SMILES string of the molecule is O[C@H](Cn1cccc1)c1ccccc1. The van der Waals surface area contributed by atoms with E-state index in [0.717, 1.165) is 5.56 Å². The predicted octanol–water partition coefficient (Wildman–Crippen LogP) is 2.22. The summed E-state index contributed by atoms with van der Waals surface area (Å²) in [4.78, 5) is 0. The lowest BCUT2D eigenvalue weighted by atomic mass is 10.1. The third-order valence-electron chi connectivity index (χ3n) is 2.23. The number of nitrogens with zero attached hydrogens (tertiary/aromatic N) is 1. The van der Waals surface area contributed by atoms with Crippen LogP contribution in [0.15, 0.2) is 54.9 Å². The molecule has 0 aliphatic rings. The molecule has 2 nitrogen and oxygen atoms in total. The molecule has 1 heterocycles. The Morgan fingerprint density at radius 2 is 1.64 bits per heavy atom. The van der Waals surface area contributed by atoms with E-state index in [1.54, 1.807) is 0 Å². The Balaban J connectivity index is 2.07. The average Bonchev–Trinajstić information content (AvgIpc) is 2.72. The van der Waals surface area contributed by atoms with Gasteiger partial charge in [-0.3, -0.25) is 0 Å². The molecule has 0 amide bonds. The first kappa shape index (κ1) is 9.03. The number of rotatable bonds is 3. The van der Waals surface area contributed by atoms with Crippen molar-refractivity contribution in [2.45, 2.75) is 12.6 Å². The molecule has 14 heavy (non-hydrogen) atoms. The zero-order valence-corrected chi connectivity index (χ0v) is 7.88. The molecule has 0 aliphatic carbocycles. The van der Waals surface area contributed by atoms with Crippen LogP contribution in [0.25, 0.3) is 0 Å². The second-order valence-electron chi connectivity index (χ2n) is 3.31. The molecule has 0 saturated heterocycles. The van der Waals surface area contributed by atoms with E-state index in [0.29, 0.717) is 6.54 Å². The minimum atomic E-state index is -0.427. The first-order valence-corrected chi connectivity index (χ1v) is 4.70. The monoisotopic (exact) mass is 187 g/mol. The van der Waals surface area contributed by atoms with Crippen molar-refractivity contribution in [3.8, 4) is 0 Å². The highest BCUT2D eigenvalue weighted by atomic mass is 16.3. The first-order chi connectivity index (χ1) is 6.86. The summed E-state index contributed by atoms with van der Waals surface area (Å²) in [5.74, 6) is 0. The molecule has 0 fully saturated rings. The van der Waals surface area contributed by atoms with E-state index in [1.807, 2.05) is 59.4 Å². The lowest BCUT2D eigenvalue weighted by molar-refractivity contribution is 0.156. The third-order valence-corrected chi connectivity index (χ3v) is 2.23. The Bertz CT molecular complexity index is 366. The largest absolute Gasteiger partial charge is 0.387 e. The Labute approximate surface area is 83.4 Å². The van der Waals surface area contributed by atoms with Crippen LogP contribution in [0, 0.1) is 0 Å². The van der Waals surface area contributed by atoms with Gasteiger partial charge in [-0.1, -0.05) is 30.3 Å². The van der Waals surface area contributed by atoms with Gasteiger partial charge in [0.2, 0.25) is 0 Å². The van der Waals surface area contributed by atoms with Crippen LogP contribution in [0.5, 0.6) is 0 Å². The molecule has 2 rings (SSSR count). The van der Waals surface area contributed by atoms with Crippen molar-refractivity contribution < 1.29 is 5.11 Å². The van der Waals surface area contributed by atoms with Crippen molar-refractivity contribution in [3.05, 3.63) is 60.4 Å². The molecule has 0 unspecified atom stereocenters. The molecule has 1 aromatic carbocycles. The van der Waals surface area contributed by atoms with Gasteiger partial charge in [-0.2, -0.15) is 0 Å². The van der Waals surface area contributed by atoms with Gasteiger partial charge in [-0.05, 0) is 17.7 Å². The molecule has 2 heteroatoms. The van der Waals surface area contributed by atoms with Gasteiger partial charge in [0, 0.05) is 12.4 Å². The van der Waals surface area contributed by atoms with E-state index in [4.69, 9.17) is 0 Å². The van der Waals surface area contributed by atoms with Crippen LogP contribution in [0.3, 0.4) is 0 Å². The number of hydrogen-bond donors (Lipinski definition) is 1. The summed E-state index contributed by atoms with van der Waals surface area (Å²) in [5.41, 5.74) is 0.959. The normalized spacial score (nSPS) is 12.6. The first-order valence-electron chi connectivity index (χ1n) is 4.70. The van der Waals surface area contributed by atoms with Crippen LogP contribution in [-0.2, 0) is 6.54 Å². The van der Waals surface area contributed by atoms with Crippen molar-refractivity contribution >= 4 is 0 Å². The third kappa shape index (κ3) is 2.03. The summed E-state index contributed by atoms with van der Waals surface area (Å²) in [6, 6.07) is 13.6. The number of aliphatic hydroxyl groups is 1. The molecule has 1 atom stereocenters. The summed E-state index contributed by atoms with van der Waals surface area (Å²) in [5, 5.41) is 9.87. The van der Waals surface area contributed by atoms with Crippen LogP contribution in [0.1, 0.15) is 11.7 Å². The highest BCUT2D eigenvalue weighted by molar-refractivity contribution is 5.17. The van der Waals surface area contributed by atoms with Gasteiger partial charge >= 0.3 is 0 Å². The molecule has 0 spiro atoms. The molecule has 0 bridgehead atoms. The Morgan fingerprint density at radius 3 is 2.29 bits per heavy atom. The molecule has 0 aliphatic heterocycles. The summed E-state index contributed by atoms with van der Waals surface area (Å²) >= 11 is 0. The summed E-state index contributed by atoms with van der Waals surface area (Å²) in [6.45, 7) is 0.608. The lowest BCUT2D eigenvalue weighted by Crippen LogP contribution is -2.06. The van der Waals surface area contributed by atoms with E-state index in [1.165, 1.54) is 0 Å². The number of benzene rings is 1. The molecule has 2 aromatic rings. The summed E-state index contributed by atoms with van der Waals surface area (Å²) in [7, 11) is 0. The van der Waals surface area contributed by atoms with E-state index in [-0.39, 0.29) is 0 Å². The van der Waals surface area contributed by atoms with Gasteiger partial charge in [0.05, 0.1) is 12.6 Å². The van der Waals surface area contributed by atoms with Crippen molar-refractivity contribution in [1.82, 2.24) is 4.57 Å². The zero-order valence-electron chi connectivity index (χ0n) is 7.88. The fraction of sp³-hybridized carbons (Fsp3) is 0.167. The minimum Gasteiger partial charge on any atom is -0.387 e. The van der Waals surface area contributed by atoms with Gasteiger partial charge < -0.3 is 9.67 Å². The highest BCUT2D eigenvalue weighted by Gasteiger charge is 2.05. The molecule has 1 N–H and O–H groups in total. The molecule has 0 saturated carbocycles. The van der Waals surface area contributed by atoms with E-state index in [2.05, 4.69) is 0 Å². The molecule has 1 aromatic heterocycles. The molecule has 0 radical (unpaired) electrons. The van der Waals surface area contributed by atoms with Crippen molar-refractivity contribution in [1.29, 1.82) is 0 Å². The van der Waals surface area contributed by atoms with E-state index >= 15 is 0 Å². The number of aromatic nitrogens is 1. The highest BCUT2D eigenvalue weighted by Crippen LogP contribution is 2.13. The quantitative estimate of drug-likeness (QED) is 0.783. The van der Waals surface area contributed by atoms with Crippen LogP contribution in [0.4, 0.5) is 0 Å². The second kappa shape index (κ2) is 4.11. The van der Waals surface area contributed by atoms with Crippen LogP contribution < -0.4 is 0 Å². The topological polar surface area (TPSA) is 25.2 Å². The van der Waals surface area contributed by atoms with Gasteiger partial charge in [-0.15, -0.1) is 0 Å². The van der Waals surface area contributed by atoms with Crippen molar-refractivity contribution in [3.63, 3.8) is 0 Å². The van der Waals surface area contributed by atoms with Gasteiger partial charge in [-0.25, -0.2) is 0 Å². The van der Waals surface area contributed by atoms with Gasteiger partial charge in [0.25, 0.3) is 0 Å². The average molecular weight is 187 g/mol. The van der Waals surface area contributed by atoms with Crippen LogP contribution >= 0.6 is 0 Å². The second-order valence-corrected chi connectivity index (χ2v) is 3.31. The van der Waals surface area contributed by atoms with Gasteiger partial charge in [0.1, 0.15) is 0 Å². The maximum absolute atomic E-state index is 9.87. The minimum absolute atomic E-state index is 0.427. The Hall–Kier alpha value is -1.54. The van der Waals surface area contributed by atoms with E-state index in [9.17, 15) is 5.11 Å². The predicted molar refractivity (Wildman–Crippen MR) is 55.8 cm³/mol. The Kier molecular flexibility index (Phi) is 2.65. The lowest BCUT2D eigenvalue weighted by Gasteiger charge is -2.11. The maximum Gasteiger partial charge on any atom is 0.0968 e. The fourth-order valence-corrected chi connectivity index (χ4v) is 1.47. The fourth-order valence-electron chi connectivity index (χ4n) is 1.47. The maximum atomic E-state index is 9.87. The number of aliphatic hydroxyl groups excluding tert-OH is 1. The van der Waals surface area contributed by atoms with Crippen molar-refractivity contribution in [2.24, 2.45) is 0 Å². The molecule has 72 valence electrons. The smallest absolute Gasteiger partial charge is 0.0968 e. The van der Waals surface area contributed by atoms with Crippen molar-refractivity contribution in [2.75, 3.05) is 0 Å². The molecular weight excluding hydrogens is 174 g/mol. The van der Waals surface area contributed by atoms with Crippen LogP contribution in [0.2, 0.25) is 0 Å². The van der Waals surface area contributed by atoms with Crippen LogP contribution in [-0.4, -0.2) is 9.67 Å².